The van der Waals surface area contributed by atoms with Crippen LogP contribution in [0.2, 0.25) is 0 Å². The fourth-order valence-electron chi connectivity index (χ4n) is 1.55. The van der Waals surface area contributed by atoms with Crippen LogP contribution in [0.25, 0.3) is 0 Å². The van der Waals surface area contributed by atoms with Crippen LogP contribution in [-0.2, 0) is 14.8 Å². The zero-order valence-electron chi connectivity index (χ0n) is 11.0. The highest BCUT2D eigenvalue weighted by Crippen LogP contribution is 2.18. The van der Waals surface area contributed by atoms with Crippen molar-refractivity contribution in [2.45, 2.75) is 31.9 Å². The van der Waals surface area contributed by atoms with Gasteiger partial charge in [-0.15, -0.1) is 0 Å². The molecular weight excluding hydrogens is 240 g/mol. The molecule has 1 heterocycles. The summed E-state index contributed by atoms with van der Waals surface area (Å²) in [6.07, 6.45) is 0.611. The number of morpholine rings is 1. The summed E-state index contributed by atoms with van der Waals surface area (Å²) in [5.74, 6) is 0. The number of rotatable bonds is 6. The van der Waals surface area contributed by atoms with Crippen molar-refractivity contribution in [1.29, 1.82) is 0 Å². The molecule has 1 aliphatic rings. The van der Waals surface area contributed by atoms with Gasteiger partial charge in [-0.3, -0.25) is 4.90 Å². The fourth-order valence-corrected chi connectivity index (χ4v) is 2.68. The average Bonchev–Trinajstić information content (AvgIpc) is 2.30. The third-order valence-corrected chi connectivity index (χ3v) is 5.73. The Balaban J connectivity index is 2.35. The SMILES string of the molecule is CCC(C)(C)S(=O)(=O)NCCN1CCOCC1. The molecule has 0 atom stereocenters. The molecule has 0 spiro atoms. The number of nitrogens with one attached hydrogen (secondary N) is 1. The van der Waals surface area contributed by atoms with Gasteiger partial charge in [-0.25, -0.2) is 13.1 Å². The molecule has 0 aromatic rings. The Morgan fingerprint density at radius 1 is 1.29 bits per heavy atom. The third-order valence-electron chi connectivity index (χ3n) is 3.40. The number of hydrogen-bond donors (Lipinski definition) is 1. The Morgan fingerprint density at radius 2 is 1.88 bits per heavy atom. The zero-order valence-corrected chi connectivity index (χ0v) is 11.8. The van der Waals surface area contributed by atoms with Gasteiger partial charge in [0.25, 0.3) is 0 Å². The molecule has 17 heavy (non-hydrogen) atoms. The second-order valence-electron chi connectivity index (χ2n) is 4.97. The molecule has 102 valence electrons. The molecule has 0 amide bonds. The zero-order chi connectivity index (χ0) is 12.9. The Labute approximate surface area is 105 Å². The van der Waals surface area contributed by atoms with E-state index in [0.717, 1.165) is 32.8 Å². The van der Waals surface area contributed by atoms with Gasteiger partial charge in [-0.1, -0.05) is 6.92 Å². The molecule has 0 bridgehead atoms. The lowest BCUT2D eigenvalue weighted by Crippen LogP contribution is -2.46. The van der Waals surface area contributed by atoms with Crippen molar-refractivity contribution in [1.82, 2.24) is 9.62 Å². The Morgan fingerprint density at radius 3 is 2.41 bits per heavy atom. The third kappa shape index (κ3) is 4.21. The van der Waals surface area contributed by atoms with Crippen molar-refractivity contribution in [3.8, 4) is 0 Å². The van der Waals surface area contributed by atoms with E-state index < -0.39 is 14.8 Å². The summed E-state index contributed by atoms with van der Waals surface area (Å²) in [5, 5.41) is 0. The summed E-state index contributed by atoms with van der Waals surface area (Å²) in [7, 11) is -3.22. The van der Waals surface area contributed by atoms with Gasteiger partial charge in [0.15, 0.2) is 0 Å². The lowest BCUT2D eigenvalue weighted by molar-refractivity contribution is 0.0390. The van der Waals surface area contributed by atoms with Crippen molar-refractivity contribution in [3.63, 3.8) is 0 Å². The van der Waals surface area contributed by atoms with Gasteiger partial charge in [-0.2, -0.15) is 0 Å². The summed E-state index contributed by atoms with van der Waals surface area (Å²) in [6, 6.07) is 0. The Hall–Kier alpha value is -0.170. The van der Waals surface area contributed by atoms with Gasteiger partial charge in [0.05, 0.1) is 18.0 Å². The number of hydrogen-bond acceptors (Lipinski definition) is 4. The minimum atomic E-state index is -3.22. The first-order valence-corrected chi connectivity index (χ1v) is 7.66. The van der Waals surface area contributed by atoms with E-state index >= 15 is 0 Å². The smallest absolute Gasteiger partial charge is 0.216 e. The van der Waals surface area contributed by atoms with E-state index in [1.165, 1.54) is 0 Å². The van der Waals surface area contributed by atoms with E-state index in [4.69, 9.17) is 4.74 Å². The molecular formula is C11H24N2O3S. The van der Waals surface area contributed by atoms with E-state index in [9.17, 15) is 8.42 Å². The molecule has 0 aromatic heterocycles. The largest absolute Gasteiger partial charge is 0.379 e. The van der Waals surface area contributed by atoms with Crippen LogP contribution in [0, 0.1) is 0 Å². The molecule has 1 saturated heterocycles. The number of nitrogens with zero attached hydrogens (tertiary/aromatic N) is 1. The highest BCUT2D eigenvalue weighted by atomic mass is 32.2. The van der Waals surface area contributed by atoms with Crippen LogP contribution in [0.5, 0.6) is 0 Å². The molecule has 1 fully saturated rings. The Kier molecular flexibility index (Phi) is 5.37. The van der Waals surface area contributed by atoms with Crippen LogP contribution >= 0.6 is 0 Å². The summed E-state index contributed by atoms with van der Waals surface area (Å²) in [6.45, 7) is 9.89. The highest BCUT2D eigenvalue weighted by molar-refractivity contribution is 7.90. The van der Waals surface area contributed by atoms with Crippen molar-refractivity contribution in [2.24, 2.45) is 0 Å². The van der Waals surface area contributed by atoms with Crippen molar-refractivity contribution in [2.75, 3.05) is 39.4 Å². The topological polar surface area (TPSA) is 58.6 Å². The molecule has 0 saturated carbocycles. The maximum absolute atomic E-state index is 12.0. The second kappa shape index (κ2) is 6.13. The first kappa shape index (κ1) is 14.9. The first-order valence-electron chi connectivity index (χ1n) is 6.18. The standard InChI is InChI=1S/C11H24N2O3S/c1-4-11(2,3)17(14,15)12-5-6-13-7-9-16-10-8-13/h12H,4-10H2,1-3H3. The second-order valence-corrected chi connectivity index (χ2v) is 7.37. The van der Waals surface area contributed by atoms with Crippen LogP contribution in [0.4, 0.5) is 0 Å². The van der Waals surface area contributed by atoms with Crippen molar-refractivity contribution < 1.29 is 13.2 Å². The van der Waals surface area contributed by atoms with Gasteiger partial charge in [0.1, 0.15) is 0 Å². The van der Waals surface area contributed by atoms with Crippen molar-refractivity contribution >= 4 is 10.0 Å². The summed E-state index contributed by atoms with van der Waals surface area (Å²) in [5.41, 5.74) is 0. The van der Waals surface area contributed by atoms with Crippen LogP contribution in [0.3, 0.4) is 0 Å². The predicted molar refractivity (Wildman–Crippen MR) is 68.6 cm³/mol. The molecule has 6 heteroatoms. The lowest BCUT2D eigenvalue weighted by atomic mass is 10.1. The maximum atomic E-state index is 12.0. The molecule has 1 aliphatic heterocycles. The average molecular weight is 264 g/mol. The van der Waals surface area contributed by atoms with Gasteiger partial charge < -0.3 is 4.74 Å². The van der Waals surface area contributed by atoms with Gasteiger partial charge in [0, 0.05) is 26.2 Å². The minimum Gasteiger partial charge on any atom is -0.379 e. The normalized spacial score (nSPS) is 19.5. The van der Waals surface area contributed by atoms with Crippen LogP contribution in [0.1, 0.15) is 27.2 Å². The van der Waals surface area contributed by atoms with E-state index in [0.29, 0.717) is 13.0 Å². The van der Waals surface area contributed by atoms with Gasteiger partial charge in [0.2, 0.25) is 10.0 Å². The van der Waals surface area contributed by atoms with E-state index in [1.54, 1.807) is 13.8 Å². The van der Waals surface area contributed by atoms with Crippen LogP contribution in [0.15, 0.2) is 0 Å². The summed E-state index contributed by atoms with van der Waals surface area (Å²) in [4.78, 5) is 2.21. The molecule has 0 unspecified atom stereocenters. The van der Waals surface area contributed by atoms with Crippen molar-refractivity contribution in [3.05, 3.63) is 0 Å². The molecule has 0 radical (unpaired) electrons. The quantitative estimate of drug-likeness (QED) is 0.756. The van der Waals surface area contributed by atoms with E-state index in [1.807, 2.05) is 6.92 Å². The lowest BCUT2D eigenvalue weighted by Gasteiger charge is -2.28. The molecule has 1 rings (SSSR count). The summed E-state index contributed by atoms with van der Waals surface area (Å²) >= 11 is 0. The van der Waals surface area contributed by atoms with Gasteiger partial charge >= 0.3 is 0 Å². The molecule has 1 N–H and O–H groups in total. The Bertz CT molecular complexity index is 322. The van der Waals surface area contributed by atoms with E-state index in [-0.39, 0.29) is 0 Å². The van der Waals surface area contributed by atoms with Crippen LogP contribution < -0.4 is 4.72 Å². The highest BCUT2D eigenvalue weighted by Gasteiger charge is 2.31. The van der Waals surface area contributed by atoms with Crippen LogP contribution in [-0.4, -0.2) is 57.5 Å². The number of sulfonamides is 1. The maximum Gasteiger partial charge on any atom is 0.216 e. The minimum absolute atomic E-state index is 0.478. The summed E-state index contributed by atoms with van der Waals surface area (Å²) < 4.78 is 31.2. The monoisotopic (exact) mass is 264 g/mol. The molecule has 0 aliphatic carbocycles. The predicted octanol–water partition coefficient (Wildman–Crippen LogP) is 0.427. The number of ether oxygens (including phenoxy) is 1. The fraction of sp³-hybridized carbons (Fsp3) is 1.00. The molecule has 0 aromatic carbocycles. The first-order chi connectivity index (χ1) is 7.89. The molecule has 5 nitrogen and oxygen atoms in total. The van der Waals surface area contributed by atoms with Gasteiger partial charge in [-0.05, 0) is 20.3 Å². The van der Waals surface area contributed by atoms with E-state index in [2.05, 4.69) is 9.62 Å².